The summed E-state index contributed by atoms with van der Waals surface area (Å²) in [6.45, 7) is 8.19. The van der Waals surface area contributed by atoms with E-state index in [0.717, 1.165) is 18.8 Å². The average Bonchev–Trinajstić information content (AvgIpc) is 2.74. The van der Waals surface area contributed by atoms with Gasteiger partial charge in [-0.3, -0.25) is 5.10 Å². The molecule has 3 heteroatoms. The van der Waals surface area contributed by atoms with Gasteiger partial charge in [-0.25, -0.2) is 0 Å². The SMILES string of the molecule is CCNCc1cn[nH]c1-c1ccc(C)cc1C. The molecule has 0 saturated carbocycles. The van der Waals surface area contributed by atoms with Gasteiger partial charge in [-0.2, -0.15) is 5.10 Å². The van der Waals surface area contributed by atoms with Crippen molar-refractivity contribution in [1.82, 2.24) is 15.5 Å². The first-order valence-corrected chi connectivity index (χ1v) is 6.03. The lowest BCUT2D eigenvalue weighted by Gasteiger charge is -2.08. The Morgan fingerprint density at radius 1 is 1.29 bits per heavy atom. The number of aromatic amines is 1. The number of benzene rings is 1. The summed E-state index contributed by atoms with van der Waals surface area (Å²) in [6, 6.07) is 6.50. The summed E-state index contributed by atoms with van der Waals surface area (Å²) in [5.41, 5.74) is 6.16. The molecule has 17 heavy (non-hydrogen) atoms. The first-order chi connectivity index (χ1) is 8.22. The molecular formula is C14H19N3. The summed E-state index contributed by atoms with van der Waals surface area (Å²) in [4.78, 5) is 0. The lowest BCUT2D eigenvalue weighted by molar-refractivity contribution is 0.728. The van der Waals surface area contributed by atoms with Gasteiger partial charge in [-0.15, -0.1) is 0 Å². The number of rotatable bonds is 4. The van der Waals surface area contributed by atoms with Gasteiger partial charge in [0.25, 0.3) is 0 Å². The van der Waals surface area contributed by atoms with Crippen molar-refractivity contribution in [3.8, 4) is 11.3 Å². The van der Waals surface area contributed by atoms with E-state index in [1.54, 1.807) is 0 Å². The molecule has 0 atom stereocenters. The van der Waals surface area contributed by atoms with Crippen molar-refractivity contribution < 1.29 is 0 Å². The van der Waals surface area contributed by atoms with E-state index in [4.69, 9.17) is 0 Å². The minimum absolute atomic E-state index is 0.857. The molecular weight excluding hydrogens is 210 g/mol. The first-order valence-electron chi connectivity index (χ1n) is 6.03. The molecule has 1 aromatic carbocycles. The maximum atomic E-state index is 4.15. The molecule has 0 bridgehead atoms. The van der Waals surface area contributed by atoms with Crippen LogP contribution in [0, 0.1) is 13.8 Å². The number of nitrogens with zero attached hydrogens (tertiary/aromatic N) is 1. The molecule has 90 valence electrons. The molecule has 3 nitrogen and oxygen atoms in total. The zero-order chi connectivity index (χ0) is 12.3. The number of nitrogens with one attached hydrogen (secondary N) is 2. The van der Waals surface area contributed by atoms with Gasteiger partial charge in [0.15, 0.2) is 0 Å². The monoisotopic (exact) mass is 229 g/mol. The highest BCUT2D eigenvalue weighted by Gasteiger charge is 2.09. The Labute approximate surface area is 102 Å². The van der Waals surface area contributed by atoms with Crippen LogP contribution in [0.1, 0.15) is 23.6 Å². The van der Waals surface area contributed by atoms with Gasteiger partial charge >= 0.3 is 0 Å². The summed E-state index contributed by atoms with van der Waals surface area (Å²) in [6.07, 6.45) is 1.90. The van der Waals surface area contributed by atoms with Crippen molar-refractivity contribution >= 4 is 0 Å². The van der Waals surface area contributed by atoms with Crippen LogP contribution >= 0.6 is 0 Å². The summed E-state index contributed by atoms with van der Waals surface area (Å²) in [5.74, 6) is 0. The second-order valence-electron chi connectivity index (χ2n) is 4.37. The van der Waals surface area contributed by atoms with Crippen molar-refractivity contribution in [1.29, 1.82) is 0 Å². The smallest absolute Gasteiger partial charge is 0.0697 e. The highest BCUT2D eigenvalue weighted by Crippen LogP contribution is 2.25. The summed E-state index contributed by atoms with van der Waals surface area (Å²) in [7, 11) is 0. The summed E-state index contributed by atoms with van der Waals surface area (Å²) in [5, 5.41) is 10.6. The quantitative estimate of drug-likeness (QED) is 0.846. The van der Waals surface area contributed by atoms with E-state index >= 15 is 0 Å². The molecule has 0 spiro atoms. The molecule has 2 N–H and O–H groups in total. The fraction of sp³-hybridized carbons (Fsp3) is 0.357. The van der Waals surface area contributed by atoms with Crippen LogP contribution in [0.4, 0.5) is 0 Å². The molecule has 0 saturated heterocycles. The molecule has 2 aromatic rings. The number of H-pyrrole nitrogens is 1. The van der Waals surface area contributed by atoms with E-state index in [2.05, 4.69) is 54.5 Å². The number of hydrogen-bond donors (Lipinski definition) is 2. The molecule has 0 amide bonds. The van der Waals surface area contributed by atoms with Crippen LogP contribution in [0.2, 0.25) is 0 Å². The van der Waals surface area contributed by atoms with Crippen molar-refractivity contribution in [2.45, 2.75) is 27.3 Å². The molecule has 0 unspecified atom stereocenters. The molecule has 1 aromatic heterocycles. The summed E-state index contributed by atoms with van der Waals surface area (Å²) < 4.78 is 0. The third-order valence-electron chi connectivity index (χ3n) is 2.93. The van der Waals surface area contributed by atoms with Crippen LogP contribution in [0.15, 0.2) is 24.4 Å². The molecule has 0 fully saturated rings. The van der Waals surface area contributed by atoms with E-state index < -0.39 is 0 Å². The molecule has 1 heterocycles. The predicted octanol–water partition coefficient (Wildman–Crippen LogP) is 2.80. The fourth-order valence-corrected chi connectivity index (χ4v) is 2.03. The topological polar surface area (TPSA) is 40.7 Å². The third-order valence-corrected chi connectivity index (χ3v) is 2.93. The normalized spacial score (nSPS) is 10.8. The van der Waals surface area contributed by atoms with Gasteiger partial charge in [0.1, 0.15) is 0 Å². The fourth-order valence-electron chi connectivity index (χ4n) is 2.03. The molecule has 0 aliphatic heterocycles. The average molecular weight is 229 g/mol. The number of hydrogen-bond acceptors (Lipinski definition) is 2. The van der Waals surface area contributed by atoms with Crippen molar-refractivity contribution in [3.05, 3.63) is 41.1 Å². The Balaban J connectivity index is 2.35. The van der Waals surface area contributed by atoms with E-state index in [1.807, 2.05) is 6.20 Å². The Morgan fingerprint density at radius 3 is 2.82 bits per heavy atom. The maximum Gasteiger partial charge on any atom is 0.0697 e. The van der Waals surface area contributed by atoms with Crippen LogP contribution in [-0.4, -0.2) is 16.7 Å². The van der Waals surface area contributed by atoms with Crippen LogP contribution in [-0.2, 0) is 6.54 Å². The second-order valence-corrected chi connectivity index (χ2v) is 4.37. The van der Waals surface area contributed by atoms with Crippen molar-refractivity contribution in [2.24, 2.45) is 0 Å². The highest BCUT2D eigenvalue weighted by molar-refractivity contribution is 5.66. The van der Waals surface area contributed by atoms with Gasteiger partial charge in [-0.05, 0) is 26.0 Å². The van der Waals surface area contributed by atoms with E-state index in [1.165, 1.54) is 22.3 Å². The van der Waals surface area contributed by atoms with Gasteiger partial charge in [0.05, 0.1) is 11.9 Å². The van der Waals surface area contributed by atoms with E-state index in [0.29, 0.717) is 0 Å². The minimum Gasteiger partial charge on any atom is -0.313 e. The predicted molar refractivity (Wildman–Crippen MR) is 70.9 cm³/mol. The van der Waals surface area contributed by atoms with Gasteiger partial charge in [-0.1, -0.05) is 30.7 Å². The second kappa shape index (κ2) is 5.15. The lowest BCUT2D eigenvalue weighted by Crippen LogP contribution is -2.11. The Kier molecular flexibility index (Phi) is 3.59. The van der Waals surface area contributed by atoms with Gasteiger partial charge in [0.2, 0.25) is 0 Å². The zero-order valence-corrected chi connectivity index (χ0v) is 10.7. The summed E-state index contributed by atoms with van der Waals surface area (Å²) >= 11 is 0. The number of aryl methyl sites for hydroxylation is 2. The van der Waals surface area contributed by atoms with E-state index in [9.17, 15) is 0 Å². The Hall–Kier alpha value is -1.61. The van der Waals surface area contributed by atoms with Crippen LogP contribution in [0.3, 0.4) is 0 Å². The minimum atomic E-state index is 0.857. The van der Waals surface area contributed by atoms with Crippen LogP contribution < -0.4 is 5.32 Å². The Morgan fingerprint density at radius 2 is 2.12 bits per heavy atom. The maximum absolute atomic E-state index is 4.15. The zero-order valence-electron chi connectivity index (χ0n) is 10.7. The van der Waals surface area contributed by atoms with E-state index in [-0.39, 0.29) is 0 Å². The van der Waals surface area contributed by atoms with Crippen LogP contribution in [0.25, 0.3) is 11.3 Å². The molecule has 0 radical (unpaired) electrons. The third kappa shape index (κ3) is 2.56. The highest BCUT2D eigenvalue weighted by atomic mass is 15.1. The number of aromatic nitrogens is 2. The molecule has 0 aliphatic rings. The van der Waals surface area contributed by atoms with Gasteiger partial charge < -0.3 is 5.32 Å². The van der Waals surface area contributed by atoms with Crippen molar-refractivity contribution in [3.63, 3.8) is 0 Å². The lowest BCUT2D eigenvalue weighted by atomic mass is 10.0. The van der Waals surface area contributed by atoms with Gasteiger partial charge in [0, 0.05) is 17.7 Å². The Bertz CT molecular complexity index is 500. The standard InChI is InChI=1S/C14H19N3/c1-4-15-8-12-9-16-17-14(12)13-6-5-10(2)7-11(13)3/h5-7,9,15H,4,8H2,1-3H3,(H,16,17). The first kappa shape index (κ1) is 11.9. The molecule has 0 aliphatic carbocycles. The molecule has 2 rings (SSSR count). The van der Waals surface area contributed by atoms with Crippen LogP contribution in [0.5, 0.6) is 0 Å². The van der Waals surface area contributed by atoms with Crippen molar-refractivity contribution in [2.75, 3.05) is 6.54 Å². The largest absolute Gasteiger partial charge is 0.313 e.